The Balaban J connectivity index is 1.38. The highest BCUT2D eigenvalue weighted by molar-refractivity contribution is 7.80. The highest BCUT2D eigenvalue weighted by Gasteiger charge is 2.22. The van der Waals surface area contributed by atoms with Crippen LogP contribution in [0.15, 0.2) is 0 Å². The second kappa shape index (κ2) is 9.57. The largest absolute Gasteiger partial charge is 0.381 e. The van der Waals surface area contributed by atoms with Crippen molar-refractivity contribution in [3.05, 3.63) is 5.82 Å². The number of nitrogens with one attached hydrogen (secondary N) is 1. The summed E-state index contributed by atoms with van der Waals surface area (Å²) >= 11 is 5.54. The number of hydrogen-bond acceptors (Lipinski definition) is 5. The molecule has 2 aliphatic carbocycles. The maximum atomic E-state index is 5.54. The summed E-state index contributed by atoms with van der Waals surface area (Å²) in [5.41, 5.74) is 0. The molecule has 7 heteroatoms. The Morgan fingerprint density at radius 3 is 2.64 bits per heavy atom. The molecule has 6 nitrogen and oxygen atoms in total. The number of methoxy groups -OCH3 is 1. The van der Waals surface area contributed by atoms with Crippen molar-refractivity contribution in [2.24, 2.45) is 0 Å². The molecule has 1 aromatic heterocycles. The van der Waals surface area contributed by atoms with E-state index in [1.54, 1.807) is 0 Å². The Morgan fingerprint density at radius 2 is 1.92 bits per heavy atom. The highest BCUT2D eigenvalue weighted by Crippen LogP contribution is 2.28. The standard InChI is InChI=1S/C18H31N5OS/c1-24-16-12-10-14(11-13-16)19-18(25)9-5-8-17-20-21-22-23(17)15-6-3-2-4-7-15/h14-16H,2-13H2,1H3,(H,19,25). The zero-order chi connectivity index (χ0) is 17.5. The first-order chi connectivity index (χ1) is 12.3. The molecule has 0 spiro atoms. The zero-order valence-electron chi connectivity index (χ0n) is 15.3. The van der Waals surface area contributed by atoms with Crippen LogP contribution in [-0.2, 0) is 11.2 Å². The molecule has 1 aromatic rings. The van der Waals surface area contributed by atoms with E-state index in [2.05, 4.69) is 25.5 Å². The van der Waals surface area contributed by atoms with E-state index >= 15 is 0 Å². The van der Waals surface area contributed by atoms with Crippen LogP contribution in [0.2, 0.25) is 0 Å². The van der Waals surface area contributed by atoms with Gasteiger partial charge in [-0.15, -0.1) is 5.10 Å². The minimum atomic E-state index is 0.435. The number of rotatable bonds is 7. The van der Waals surface area contributed by atoms with E-state index in [4.69, 9.17) is 17.0 Å². The lowest BCUT2D eigenvalue weighted by molar-refractivity contribution is 0.0646. The average Bonchev–Trinajstić information content (AvgIpc) is 3.11. The molecule has 1 N–H and O–H groups in total. The van der Waals surface area contributed by atoms with Gasteiger partial charge in [-0.25, -0.2) is 4.68 Å². The van der Waals surface area contributed by atoms with Gasteiger partial charge in [0.2, 0.25) is 0 Å². The van der Waals surface area contributed by atoms with E-state index in [1.807, 2.05) is 7.11 Å². The van der Waals surface area contributed by atoms with Gasteiger partial charge >= 0.3 is 0 Å². The molecule has 3 rings (SSSR count). The van der Waals surface area contributed by atoms with Crippen molar-refractivity contribution >= 4 is 17.2 Å². The van der Waals surface area contributed by atoms with Gasteiger partial charge in [-0.1, -0.05) is 31.5 Å². The second-order valence-electron chi connectivity index (χ2n) is 7.46. The van der Waals surface area contributed by atoms with Crippen LogP contribution < -0.4 is 5.32 Å². The molecule has 0 atom stereocenters. The molecule has 0 bridgehead atoms. The van der Waals surface area contributed by atoms with Crippen molar-refractivity contribution < 1.29 is 4.74 Å². The summed E-state index contributed by atoms with van der Waals surface area (Å²) in [6.07, 6.45) is 14.2. The molecular formula is C18H31N5OS. The van der Waals surface area contributed by atoms with Crippen LogP contribution in [0.5, 0.6) is 0 Å². The summed E-state index contributed by atoms with van der Waals surface area (Å²) in [5.74, 6) is 1.02. The number of tetrazole rings is 1. The van der Waals surface area contributed by atoms with Gasteiger partial charge in [-0.2, -0.15) is 0 Å². The maximum Gasteiger partial charge on any atom is 0.151 e. The fourth-order valence-electron chi connectivity index (χ4n) is 4.14. The third-order valence-electron chi connectivity index (χ3n) is 5.66. The Kier molecular flexibility index (Phi) is 7.16. The summed E-state index contributed by atoms with van der Waals surface area (Å²) in [4.78, 5) is 0.984. The smallest absolute Gasteiger partial charge is 0.151 e. The van der Waals surface area contributed by atoms with Gasteiger partial charge in [0.25, 0.3) is 0 Å². The van der Waals surface area contributed by atoms with Gasteiger partial charge in [-0.3, -0.25) is 0 Å². The molecular weight excluding hydrogens is 334 g/mol. The summed E-state index contributed by atoms with van der Waals surface area (Å²) in [6.45, 7) is 0. The quantitative estimate of drug-likeness (QED) is 0.747. The molecule has 0 amide bonds. The number of hydrogen-bond donors (Lipinski definition) is 1. The zero-order valence-corrected chi connectivity index (χ0v) is 16.1. The molecule has 2 fully saturated rings. The van der Waals surface area contributed by atoms with Gasteiger partial charge < -0.3 is 10.1 Å². The molecule has 0 saturated heterocycles. The minimum Gasteiger partial charge on any atom is -0.381 e. The molecule has 0 aliphatic heterocycles. The van der Waals surface area contributed by atoms with E-state index in [-0.39, 0.29) is 0 Å². The maximum absolute atomic E-state index is 5.54. The van der Waals surface area contributed by atoms with Crippen molar-refractivity contribution in [3.63, 3.8) is 0 Å². The average molecular weight is 366 g/mol. The first kappa shape index (κ1) is 18.7. The summed E-state index contributed by atoms with van der Waals surface area (Å²) < 4.78 is 7.50. The summed E-state index contributed by atoms with van der Waals surface area (Å²) in [6, 6.07) is 1.02. The van der Waals surface area contributed by atoms with Crippen molar-refractivity contribution in [3.8, 4) is 0 Å². The Hall–Kier alpha value is -1.08. The first-order valence-electron chi connectivity index (χ1n) is 9.85. The fourth-order valence-corrected chi connectivity index (χ4v) is 4.45. The molecule has 0 unspecified atom stereocenters. The second-order valence-corrected chi connectivity index (χ2v) is 7.95. The summed E-state index contributed by atoms with van der Waals surface area (Å²) in [7, 11) is 1.81. The lowest BCUT2D eigenvalue weighted by Gasteiger charge is -2.29. The van der Waals surface area contributed by atoms with Crippen molar-refractivity contribution in [1.29, 1.82) is 0 Å². The van der Waals surface area contributed by atoms with E-state index in [0.29, 0.717) is 18.2 Å². The normalized spacial score (nSPS) is 25.0. The lowest BCUT2D eigenvalue weighted by Crippen LogP contribution is -2.38. The number of thiocarbonyl (C=S) groups is 1. The molecule has 25 heavy (non-hydrogen) atoms. The third-order valence-corrected chi connectivity index (χ3v) is 5.98. The molecule has 1 heterocycles. The van der Waals surface area contributed by atoms with Crippen molar-refractivity contribution in [1.82, 2.24) is 25.5 Å². The van der Waals surface area contributed by atoms with Gasteiger partial charge in [0.05, 0.1) is 17.1 Å². The third kappa shape index (κ3) is 5.45. The van der Waals surface area contributed by atoms with Crippen LogP contribution in [0, 0.1) is 0 Å². The van der Waals surface area contributed by atoms with Gasteiger partial charge in [0, 0.05) is 19.6 Å². The highest BCUT2D eigenvalue weighted by atomic mass is 32.1. The Morgan fingerprint density at radius 1 is 1.16 bits per heavy atom. The van der Waals surface area contributed by atoms with E-state index in [0.717, 1.165) is 55.8 Å². The van der Waals surface area contributed by atoms with Gasteiger partial charge in [-0.05, 0) is 61.8 Å². The van der Waals surface area contributed by atoms with Gasteiger partial charge in [0.15, 0.2) is 5.82 Å². The number of aryl methyl sites for hydroxylation is 1. The SMILES string of the molecule is COC1CCC(NC(=S)CCCc2nnnn2C2CCCCC2)CC1. The number of aromatic nitrogens is 4. The van der Waals surface area contributed by atoms with Crippen LogP contribution in [0.1, 0.15) is 82.5 Å². The van der Waals surface area contributed by atoms with E-state index in [1.165, 1.54) is 32.1 Å². The molecule has 2 aliphatic rings. The van der Waals surface area contributed by atoms with E-state index < -0.39 is 0 Å². The Labute approximate surface area is 156 Å². The molecule has 2 saturated carbocycles. The molecule has 0 radical (unpaired) electrons. The van der Waals surface area contributed by atoms with Gasteiger partial charge in [0.1, 0.15) is 0 Å². The summed E-state index contributed by atoms with van der Waals surface area (Å²) in [5, 5.41) is 15.9. The number of nitrogens with zero attached hydrogens (tertiary/aromatic N) is 4. The van der Waals surface area contributed by atoms with Crippen molar-refractivity contribution in [2.75, 3.05) is 7.11 Å². The van der Waals surface area contributed by atoms with Crippen LogP contribution in [-0.4, -0.2) is 44.5 Å². The van der Waals surface area contributed by atoms with Crippen LogP contribution in [0.3, 0.4) is 0 Å². The van der Waals surface area contributed by atoms with Crippen molar-refractivity contribution in [2.45, 2.75) is 95.2 Å². The fraction of sp³-hybridized carbons (Fsp3) is 0.889. The monoisotopic (exact) mass is 365 g/mol. The predicted octanol–water partition coefficient (Wildman–Crippen LogP) is 3.38. The van der Waals surface area contributed by atoms with Crippen LogP contribution in [0.25, 0.3) is 0 Å². The van der Waals surface area contributed by atoms with Crippen LogP contribution >= 0.6 is 12.2 Å². The van der Waals surface area contributed by atoms with Crippen LogP contribution in [0.4, 0.5) is 0 Å². The number of ether oxygens (including phenoxy) is 1. The first-order valence-corrected chi connectivity index (χ1v) is 10.3. The predicted molar refractivity (Wildman–Crippen MR) is 102 cm³/mol. The van der Waals surface area contributed by atoms with E-state index in [9.17, 15) is 0 Å². The topological polar surface area (TPSA) is 64.9 Å². The minimum absolute atomic E-state index is 0.435. The lowest BCUT2D eigenvalue weighted by atomic mass is 9.93. The molecule has 0 aromatic carbocycles. The molecule has 140 valence electrons. The Bertz CT molecular complexity index is 535.